The molecule has 32 heavy (non-hydrogen) atoms. The number of rotatable bonds is 4. The summed E-state index contributed by atoms with van der Waals surface area (Å²) in [4.78, 5) is 35.5. The van der Waals surface area contributed by atoms with E-state index >= 15 is 0 Å². The molecule has 1 saturated heterocycles. The maximum atomic E-state index is 12.9. The van der Waals surface area contributed by atoms with Crippen molar-refractivity contribution in [1.82, 2.24) is 19.4 Å². The third kappa shape index (κ3) is 4.14. The van der Waals surface area contributed by atoms with E-state index in [-0.39, 0.29) is 18.6 Å². The fraction of sp³-hybridized carbons (Fsp3) is 0.364. The SMILES string of the molecule is CCOC(=O)N(N)c1cncc(-n2c(C)cc3cc(C(=O)N4CCO[C@@H](C)C4)cnc32)c1. The molecule has 3 aromatic heterocycles. The topological polar surface area (TPSA) is 116 Å². The summed E-state index contributed by atoms with van der Waals surface area (Å²) in [5, 5.41) is 1.74. The third-order valence-electron chi connectivity index (χ3n) is 5.31. The van der Waals surface area contributed by atoms with Gasteiger partial charge in [-0.2, -0.15) is 0 Å². The Morgan fingerprint density at radius 1 is 1.28 bits per heavy atom. The number of nitrogens with two attached hydrogens (primary N) is 1. The molecule has 1 fully saturated rings. The molecule has 1 atom stereocenters. The van der Waals surface area contributed by atoms with Gasteiger partial charge in [-0.05, 0) is 39.0 Å². The van der Waals surface area contributed by atoms with Gasteiger partial charge in [-0.1, -0.05) is 0 Å². The van der Waals surface area contributed by atoms with Crippen molar-refractivity contribution in [2.24, 2.45) is 5.84 Å². The van der Waals surface area contributed by atoms with E-state index in [2.05, 4.69) is 9.97 Å². The second-order valence-electron chi connectivity index (χ2n) is 7.66. The Labute approximate surface area is 185 Å². The largest absolute Gasteiger partial charge is 0.449 e. The summed E-state index contributed by atoms with van der Waals surface area (Å²) in [6.45, 7) is 7.48. The molecule has 0 aliphatic carbocycles. The van der Waals surface area contributed by atoms with E-state index in [1.165, 1.54) is 6.20 Å². The number of hydrogen-bond acceptors (Lipinski definition) is 7. The average molecular weight is 438 g/mol. The van der Waals surface area contributed by atoms with Gasteiger partial charge in [-0.3, -0.25) is 14.3 Å². The number of carbonyl (C=O) groups is 2. The minimum Gasteiger partial charge on any atom is -0.449 e. The highest BCUT2D eigenvalue weighted by atomic mass is 16.6. The zero-order valence-corrected chi connectivity index (χ0v) is 18.3. The van der Waals surface area contributed by atoms with Gasteiger partial charge in [0.05, 0.1) is 48.6 Å². The first kappa shape index (κ1) is 21.7. The van der Waals surface area contributed by atoms with Crippen LogP contribution in [0.4, 0.5) is 10.5 Å². The lowest BCUT2D eigenvalue weighted by molar-refractivity contribution is -0.0124. The van der Waals surface area contributed by atoms with Crippen LogP contribution in [0, 0.1) is 6.92 Å². The van der Waals surface area contributed by atoms with E-state index in [1.54, 1.807) is 30.3 Å². The van der Waals surface area contributed by atoms with Gasteiger partial charge in [-0.15, -0.1) is 0 Å². The van der Waals surface area contributed by atoms with Gasteiger partial charge in [0, 0.05) is 30.4 Å². The number of nitrogens with zero attached hydrogens (tertiary/aromatic N) is 5. The maximum Gasteiger partial charge on any atom is 0.428 e. The third-order valence-corrected chi connectivity index (χ3v) is 5.31. The number of morpholine rings is 1. The molecule has 0 aromatic carbocycles. The molecule has 0 spiro atoms. The van der Waals surface area contributed by atoms with Crippen LogP contribution in [0.3, 0.4) is 0 Å². The van der Waals surface area contributed by atoms with Crippen molar-refractivity contribution in [2.75, 3.05) is 31.3 Å². The molecule has 2 N–H and O–H groups in total. The van der Waals surface area contributed by atoms with Crippen LogP contribution in [0.15, 0.2) is 36.8 Å². The number of hydrazine groups is 1. The number of aromatic nitrogens is 3. The molecule has 1 aliphatic heterocycles. The van der Waals surface area contributed by atoms with Crippen LogP contribution in [-0.4, -0.2) is 63.8 Å². The Hall–Kier alpha value is -3.50. The van der Waals surface area contributed by atoms with E-state index in [0.29, 0.717) is 42.3 Å². The van der Waals surface area contributed by atoms with Crippen LogP contribution in [-0.2, 0) is 9.47 Å². The van der Waals surface area contributed by atoms with Gasteiger partial charge < -0.3 is 14.4 Å². The van der Waals surface area contributed by atoms with Crippen molar-refractivity contribution >= 4 is 28.7 Å². The lowest BCUT2D eigenvalue weighted by atomic mass is 10.2. The predicted octanol–water partition coefficient (Wildman–Crippen LogP) is 2.43. The Kier molecular flexibility index (Phi) is 6.06. The van der Waals surface area contributed by atoms with Gasteiger partial charge >= 0.3 is 6.09 Å². The van der Waals surface area contributed by atoms with Crippen LogP contribution in [0.25, 0.3) is 16.7 Å². The first-order valence-electron chi connectivity index (χ1n) is 10.4. The van der Waals surface area contributed by atoms with E-state index in [4.69, 9.17) is 15.3 Å². The molecule has 10 nitrogen and oxygen atoms in total. The second kappa shape index (κ2) is 8.93. The van der Waals surface area contributed by atoms with E-state index in [0.717, 1.165) is 16.1 Å². The highest BCUT2D eigenvalue weighted by molar-refractivity contribution is 5.97. The fourth-order valence-corrected chi connectivity index (χ4v) is 3.82. The van der Waals surface area contributed by atoms with Crippen LogP contribution >= 0.6 is 0 Å². The van der Waals surface area contributed by atoms with Crippen LogP contribution < -0.4 is 10.9 Å². The van der Waals surface area contributed by atoms with Gasteiger partial charge in [0.2, 0.25) is 0 Å². The standard InChI is InChI=1S/C22H26N6O4/c1-4-31-22(30)28(23)19-9-18(11-24-12-19)27-14(2)7-16-8-17(10-25-20(16)27)21(29)26-5-6-32-15(3)13-26/h7-12,15H,4-6,13,23H2,1-3H3/t15-/m0/s1. The van der Waals surface area contributed by atoms with Crippen LogP contribution in [0.5, 0.6) is 0 Å². The Bertz CT molecular complexity index is 1160. The summed E-state index contributed by atoms with van der Waals surface area (Å²) in [7, 11) is 0. The van der Waals surface area contributed by atoms with E-state index in [1.807, 2.05) is 30.5 Å². The number of ether oxygens (including phenoxy) is 2. The second-order valence-corrected chi connectivity index (χ2v) is 7.66. The lowest BCUT2D eigenvalue weighted by Crippen LogP contribution is -2.44. The highest BCUT2D eigenvalue weighted by Gasteiger charge is 2.23. The molecule has 0 bridgehead atoms. The number of amides is 2. The number of anilines is 1. The molecule has 10 heteroatoms. The molecular weight excluding hydrogens is 412 g/mol. The number of fused-ring (bicyclic) bond motifs is 1. The van der Waals surface area contributed by atoms with Crippen molar-refractivity contribution < 1.29 is 19.1 Å². The first-order valence-corrected chi connectivity index (χ1v) is 10.4. The van der Waals surface area contributed by atoms with Crippen molar-refractivity contribution in [3.8, 4) is 5.69 Å². The highest BCUT2D eigenvalue weighted by Crippen LogP contribution is 2.25. The predicted molar refractivity (Wildman–Crippen MR) is 119 cm³/mol. The van der Waals surface area contributed by atoms with Gasteiger partial charge in [-0.25, -0.2) is 20.6 Å². The van der Waals surface area contributed by atoms with Gasteiger partial charge in [0.1, 0.15) is 5.65 Å². The zero-order chi connectivity index (χ0) is 22.8. The quantitative estimate of drug-likeness (QED) is 0.378. The summed E-state index contributed by atoms with van der Waals surface area (Å²) >= 11 is 0. The molecule has 0 radical (unpaired) electrons. The lowest BCUT2D eigenvalue weighted by Gasteiger charge is -2.31. The molecule has 168 valence electrons. The molecular formula is C22H26N6O4. The van der Waals surface area contributed by atoms with Crippen molar-refractivity contribution in [3.63, 3.8) is 0 Å². The summed E-state index contributed by atoms with van der Waals surface area (Å²) in [6.07, 6.45) is 4.08. The number of carbonyl (C=O) groups excluding carboxylic acids is 2. The van der Waals surface area contributed by atoms with Crippen LogP contribution in [0.1, 0.15) is 29.9 Å². The number of aryl methyl sites for hydroxylation is 1. The summed E-state index contributed by atoms with van der Waals surface area (Å²) in [5.41, 5.74) is 3.17. The Morgan fingerprint density at radius 3 is 2.84 bits per heavy atom. The minimum absolute atomic E-state index is 0.0178. The van der Waals surface area contributed by atoms with Crippen molar-refractivity contribution in [2.45, 2.75) is 26.9 Å². The normalized spacial score (nSPS) is 16.2. The maximum absolute atomic E-state index is 12.9. The van der Waals surface area contributed by atoms with E-state index in [9.17, 15) is 9.59 Å². The Balaban J connectivity index is 1.66. The summed E-state index contributed by atoms with van der Waals surface area (Å²) in [6, 6.07) is 5.53. The molecule has 2 amide bonds. The molecule has 4 rings (SSSR count). The van der Waals surface area contributed by atoms with E-state index < -0.39 is 6.09 Å². The average Bonchev–Trinajstić information content (AvgIpc) is 3.13. The summed E-state index contributed by atoms with van der Waals surface area (Å²) < 4.78 is 12.4. The Morgan fingerprint density at radius 2 is 2.09 bits per heavy atom. The van der Waals surface area contributed by atoms with Crippen molar-refractivity contribution in [1.29, 1.82) is 0 Å². The van der Waals surface area contributed by atoms with Gasteiger partial charge in [0.15, 0.2) is 0 Å². The minimum atomic E-state index is -0.667. The fourth-order valence-electron chi connectivity index (χ4n) is 3.82. The number of hydrogen-bond donors (Lipinski definition) is 1. The van der Waals surface area contributed by atoms with Crippen molar-refractivity contribution in [3.05, 3.63) is 48.0 Å². The van der Waals surface area contributed by atoms with Crippen LogP contribution in [0.2, 0.25) is 0 Å². The smallest absolute Gasteiger partial charge is 0.428 e. The van der Waals surface area contributed by atoms with Gasteiger partial charge in [0.25, 0.3) is 5.91 Å². The molecule has 1 aliphatic rings. The monoisotopic (exact) mass is 438 g/mol. The molecule has 0 saturated carbocycles. The summed E-state index contributed by atoms with van der Waals surface area (Å²) in [5.74, 6) is 5.82. The molecule has 4 heterocycles. The number of pyridine rings is 2. The molecule has 0 unspecified atom stereocenters. The molecule has 3 aromatic rings. The first-order chi connectivity index (χ1) is 15.4. The zero-order valence-electron chi connectivity index (χ0n) is 18.3.